The molecule has 0 radical (unpaired) electrons. The molecule has 156 valence electrons. The zero-order chi connectivity index (χ0) is 21.7. The molecule has 1 fully saturated rings. The molecule has 2 unspecified atom stereocenters. The van der Waals surface area contributed by atoms with Crippen LogP contribution in [0.15, 0.2) is 61.1 Å². The molecule has 4 rings (SSSR count). The van der Waals surface area contributed by atoms with E-state index in [1.807, 2.05) is 30.5 Å². The summed E-state index contributed by atoms with van der Waals surface area (Å²) < 4.78 is 0. The number of imidazole rings is 1. The predicted molar refractivity (Wildman–Crippen MR) is 120 cm³/mol. The third kappa shape index (κ3) is 4.68. The minimum absolute atomic E-state index is 0.196. The van der Waals surface area contributed by atoms with E-state index in [2.05, 4.69) is 58.2 Å². The van der Waals surface area contributed by atoms with E-state index in [-0.39, 0.29) is 5.92 Å². The highest BCUT2D eigenvalue weighted by molar-refractivity contribution is 5.33. The number of hydrogen-bond acceptors (Lipinski definition) is 4. The Kier molecular flexibility index (Phi) is 6.16. The summed E-state index contributed by atoms with van der Waals surface area (Å²) in [6.45, 7) is 4.69. The van der Waals surface area contributed by atoms with Crippen LogP contribution in [0.3, 0.4) is 0 Å². The highest BCUT2D eigenvalue weighted by Crippen LogP contribution is 2.42. The van der Waals surface area contributed by atoms with Gasteiger partial charge >= 0.3 is 0 Å². The first kappa shape index (κ1) is 20.8. The van der Waals surface area contributed by atoms with Crippen molar-refractivity contribution >= 4 is 0 Å². The zero-order valence-corrected chi connectivity index (χ0v) is 17.9. The van der Waals surface area contributed by atoms with E-state index in [1.54, 1.807) is 6.33 Å². The number of hydrogen-bond donors (Lipinski definition) is 1. The number of aromatic nitrogens is 2. The predicted octanol–water partition coefficient (Wildman–Crippen LogP) is 4.41. The Morgan fingerprint density at radius 2 is 1.97 bits per heavy atom. The third-order valence-corrected chi connectivity index (χ3v) is 6.64. The van der Waals surface area contributed by atoms with Crippen molar-refractivity contribution in [2.24, 2.45) is 11.3 Å². The number of aromatic amines is 1. The lowest BCUT2D eigenvalue weighted by molar-refractivity contribution is 0.0676. The summed E-state index contributed by atoms with van der Waals surface area (Å²) in [5, 5.41) is 19.6. The van der Waals surface area contributed by atoms with Crippen molar-refractivity contribution < 1.29 is 0 Å². The van der Waals surface area contributed by atoms with Crippen molar-refractivity contribution in [1.82, 2.24) is 14.9 Å². The maximum atomic E-state index is 10.4. The van der Waals surface area contributed by atoms with E-state index >= 15 is 0 Å². The second-order valence-corrected chi connectivity index (χ2v) is 8.64. The smallest absolute Gasteiger partial charge is 0.0991 e. The maximum Gasteiger partial charge on any atom is 0.0991 e. The van der Waals surface area contributed by atoms with E-state index < -0.39 is 5.41 Å². The van der Waals surface area contributed by atoms with Gasteiger partial charge in [-0.15, -0.1) is 0 Å². The molecule has 0 bridgehead atoms. The van der Waals surface area contributed by atoms with E-state index in [0.29, 0.717) is 5.56 Å². The minimum Gasteiger partial charge on any atom is -0.347 e. The summed E-state index contributed by atoms with van der Waals surface area (Å²) in [6.07, 6.45) is 6.02. The Labute approximate surface area is 184 Å². The molecule has 0 amide bonds. The highest BCUT2D eigenvalue weighted by atomic mass is 15.1. The first-order valence-corrected chi connectivity index (χ1v) is 10.8. The molecular formula is C26H27N5. The van der Waals surface area contributed by atoms with Gasteiger partial charge in [-0.2, -0.15) is 10.5 Å². The summed E-state index contributed by atoms with van der Waals surface area (Å²) in [5.41, 5.74) is 5.03. The molecule has 0 saturated carbocycles. The lowest BCUT2D eigenvalue weighted by Crippen LogP contribution is -2.48. The van der Waals surface area contributed by atoms with Gasteiger partial charge in [0.2, 0.25) is 0 Å². The summed E-state index contributed by atoms with van der Waals surface area (Å²) in [7, 11) is 0. The number of benzene rings is 2. The van der Waals surface area contributed by atoms with E-state index in [0.717, 1.165) is 44.6 Å². The molecule has 5 nitrogen and oxygen atoms in total. The largest absolute Gasteiger partial charge is 0.347 e. The molecule has 1 aliphatic heterocycles. The second-order valence-electron chi connectivity index (χ2n) is 8.64. The summed E-state index contributed by atoms with van der Waals surface area (Å²) in [6, 6.07) is 21.2. The van der Waals surface area contributed by atoms with Gasteiger partial charge in [0, 0.05) is 31.5 Å². The van der Waals surface area contributed by atoms with Gasteiger partial charge in [-0.25, -0.2) is 4.98 Å². The standard InChI is InChI=1S/C26H27N5/c1-20-4-2-3-5-23(20)13-26(18-28)10-11-31(17-25-15-29-19-30-25)16-24(26)12-21-6-8-22(14-27)9-7-21/h2-9,15,19,24H,10-13,16-17H2,1H3,(H,29,30). The minimum atomic E-state index is -0.412. The molecule has 2 heterocycles. The van der Waals surface area contributed by atoms with Crippen molar-refractivity contribution in [3.8, 4) is 12.1 Å². The Morgan fingerprint density at radius 3 is 2.65 bits per heavy atom. The number of aryl methyl sites for hydroxylation is 1. The van der Waals surface area contributed by atoms with E-state index in [4.69, 9.17) is 5.26 Å². The average Bonchev–Trinajstić information content (AvgIpc) is 3.31. The average molecular weight is 410 g/mol. The van der Waals surface area contributed by atoms with Crippen LogP contribution in [-0.4, -0.2) is 28.0 Å². The van der Waals surface area contributed by atoms with Crippen molar-refractivity contribution in [2.75, 3.05) is 13.1 Å². The molecule has 3 aromatic rings. The molecule has 31 heavy (non-hydrogen) atoms. The summed E-state index contributed by atoms with van der Waals surface area (Å²) >= 11 is 0. The van der Waals surface area contributed by atoms with Crippen LogP contribution in [0.4, 0.5) is 0 Å². The highest BCUT2D eigenvalue weighted by Gasteiger charge is 2.43. The number of nitrogens with zero attached hydrogens (tertiary/aromatic N) is 4. The van der Waals surface area contributed by atoms with Gasteiger partial charge in [0.25, 0.3) is 0 Å². The van der Waals surface area contributed by atoms with Gasteiger partial charge in [0.05, 0.1) is 29.4 Å². The number of piperidine rings is 1. The second kappa shape index (κ2) is 9.16. The first-order chi connectivity index (χ1) is 15.1. The number of nitriles is 2. The van der Waals surface area contributed by atoms with Crippen LogP contribution in [0.2, 0.25) is 0 Å². The van der Waals surface area contributed by atoms with Gasteiger partial charge in [-0.05, 0) is 60.9 Å². The van der Waals surface area contributed by atoms with Crippen molar-refractivity contribution in [3.63, 3.8) is 0 Å². The van der Waals surface area contributed by atoms with Gasteiger partial charge in [-0.1, -0.05) is 36.4 Å². The molecule has 0 aliphatic carbocycles. The summed E-state index contributed by atoms with van der Waals surface area (Å²) in [4.78, 5) is 9.76. The fourth-order valence-corrected chi connectivity index (χ4v) is 4.72. The number of likely N-dealkylation sites (tertiary alicyclic amines) is 1. The molecule has 1 N–H and O–H groups in total. The Morgan fingerprint density at radius 1 is 1.16 bits per heavy atom. The van der Waals surface area contributed by atoms with Crippen LogP contribution in [0.25, 0.3) is 0 Å². The Balaban J connectivity index is 1.61. The zero-order valence-electron chi connectivity index (χ0n) is 17.9. The number of nitrogens with one attached hydrogen (secondary N) is 1. The molecule has 1 saturated heterocycles. The third-order valence-electron chi connectivity index (χ3n) is 6.64. The Bertz CT molecular complexity index is 1090. The van der Waals surface area contributed by atoms with Crippen LogP contribution in [0.1, 0.15) is 34.4 Å². The molecule has 0 spiro atoms. The van der Waals surface area contributed by atoms with Crippen LogP contribution < -0.4 is 0 Å². The maximum absolute atomic E-state index is 10.4. The molecule has 2 aromatic carbocycles. The number of rotatable bonds is 6. The molecule has 1 aromatic heterocycles. The monoisotopic (exact) mass is 409 g/mol. The molecule has 1 aliphatic rings. The SMILES string of the molecule is Cc1ccccc1CC1(C#N)CCN(Cc2cnc[nH]2)CC1Cc1ccc(C#N)cc1. The molecule has 2 atom stereocenters. The van der Waals surface area contributed by atoms with Gasteiger partial charge in [-0.3, -0.25) is 4.90 Å². The normalized spacial score (nSPS) is 21.3. The van der Waals surface area contributed by atoms with E-state index in [1.165, 1.54) is 16.7 Å². The fourth-order valence-electron chi connectivity index (χ4n) is 4.72. The lowest BCUT2D eigenvalue weighted by atomic mass is 9.65. The first-order valence-electron chi connectivity index (χ1n) is 10.8. The van der Waals surface area contributed by atoms with Crippen LogP contribution in [0.5, 0.6) is 0 Å². The van der Waals surface area contributed by atoms with Crippen LogP contribution in [-0.2, 0) is 19.4 Å². The van der Waals surface area contributed by atoms with Gasteiger partial charge < -0.3 is 4.98 Å². The quantitative estimate of drug-likeness (QED) is 0.654. The number of H-pyrrole nitrogens is 1. The van der Waals surface area contributed by atoms with Crippen molar-refractivity contribution in [3.05, 3.63) is 89.0 Å². The van der Waals surface area contributed by atoms with Gasteiger partial charge in [0.15, 0.2) is 0 Å². The Hall–Kier alpha value is -3.41. The topological polar surface area (TPSA) is 79.5 Å². The van der Waals surface area contributed by atoms with Crippen LogP contribution >= 0.6 is 0 Å². The van der Waals surface area contributed by atoms with Crippen LogP contribution in [0, 0.1) is 40.9 Å². The van der Waals surface area contributed by atoms with Crippen molar-refractivity contribution in [1.29, 1.82) is 10.5 Å². The fraction of sp³-hybridized carbons (Fsp3) is 0.346. The summed E-state index contributed by atoms with van der Waals surface area (Å²) in [5.74, 6) is 0.196. The molecular weight excluding hydrogens is 382 g/mol. The lowest BCUT2D eigenvalue weighted by Gasteiger charge is -2.44. The van der Waals surface area contributed by atoms with Gasteiger partial charge in [0.1, 0.15) is 0 Å². The van der Waals surface area contributed by atoms with Crippen molar-refractivity contribution in [2.45, 2.75) is 32.7 Å². The molecule has 5 heteroatoms. The van der Waals surface area contributed by atoms with E-state index in [9.17, 15) is 5.26 Å².